The topological polar surface area (TPSA) is 72.1 Å². The SMILES string of the molecule is CCOC(=O)c1c(CC)c(N(CC)C2CCOCC2)cc2oc(CO)cc12. The number of nitrogens with zero attached hydrogens (tertiary/aromatic N) is 1. The standard InChI is InChI=1S/C21H29NO5/c1-4-16-18(22(5-2)14-7-9-25-10-8-14)12-19-17(11-15(13-23)27-19)20(16)21(24)26-6-3/h11-12,14,23H,4-10,13H2,1-3H3. The van der Waals surface area contributed by atoms with E-state index in [2.05, 4.69) is 18.7 Å². The number of esters is 1. The van der Waals surface area contributed by atoms with Gasteiger partial charge in [0.2, 0.25) is 0 Å². The Morgan fingerprint density at radius 3 is 2.59 bits per heavy atom. The Bertz CT molecular complexity index is 791. The van der Waals surface area contributed by atoms with E-state index in [1.165, 1.54) is 0 Å². The molecule has 2 aromatic rings. The van der Waals surface area contributed by atoms with Gasteiger partial charge < -0.3 is 23.9 Å². The highest BCUT2D eigenvalue weighted by atomic mass is 16.5. The number of aliphatic hydroxyl groups excluding tert-OH is 1. The quantitative estimate of drug-likeness (QED) is 0.745. The smallest absolute Gasteiger partial charge is 0.339 e. The zero-order chi connectivity index (χ0) is 19.4. The number of hydrogen-bond donors (Lipinski definition) is 1. The second-order valence-electron chi connectivity index (χ2n) is 6.74. The Kier molecular flexibility index (Phi) is 6.39. The third-order valence-electron chi connectivity index (χ3n) is 5.23. The maximum absolute atomic E-state index is 12.8. The molecule has 1 saturated heterocycles. The number of benzene rings is 1. The predicted octanol–water partition coefficient (Wildman–Crippen LogP) is 3.67. The lowest BCUT2D eigenvalue weighted by molar-refractivity contribution is 0.0527. The number of hydrogen-bond acceptors (Lipinski definition) is 6. The monoisotopic (exact) mass is 375 g/mol. The molecule has 1 aromatic carbocycles. The first-order chi connectivity index (χ1) is 13.1. The van der Waals surface area contributed by atoms with E-state index < -0.39 is 0 Å². The molecule has 0 bridgehead atoms. The van der Waals surface area contributed by atoms with Gasteiger partial charge >= 0.3 is 5.97 Å². The van der Waals surface area contributed by atoms with Crippen molar-refractivity contribution in [2.75, 3.05) is 31.3 Å². The molecule has 27 heavy (non-hydrogen) atoms. The summed E-state index contributed by atoms with van der Waals surface area (Å²) in [5.74, 6) is 0.110. The predicted molar refractivity (Wildman–Crippen MR) is 104 cm³/mol. The molecular weight excluding hydrogens is 346 g/mol. The first-order valence-electron chi connectivity index (χ1n) is 9.85. The van der Waals surface area contributed by atoms with Gasteiger partial charge in [0.25, 0.3) is 0 Å². The van der Waals surface area contributed by atoms with Crippen LogP contribution in [-0.2, 0) is 22.5 Å². The summed E-state index contributed by atoms with van der Waals surface area (Å²) in [5, 5.41) is 10.2. The van der Waals surface area contributed by atoms with Gasteiger partial charge in [-0.1, -0.05) is 6.92 Å². The zero-order valence-corrected chi connectivity index (χ0v) is 16.4. The number of anilines is 1. The van der Waals surface area contributed by atoms with Crippen molar-refractivity contribution in [2.45, 2.75) is 52.7 Å². The number of furan rings is 1. The van der Waals surface area contributed by atoms with E-state index in [1.54, 1.807) is 13.0 Å². The molecule has 1 aliphatic rings. The molecule has 0 spiro atoms. The lowest BCUT2D eigenvalue weighted by atomic mass is 9.96. The fourth-order valence-electron chi connectivity index (χ4n) is 4.01. The Morgan fingerprint density at radius 1 is 1.26 bits per heavy atom. The van der Waals surface area contributed by atoms with Gasteiger partial charge in [0, 0.05) is 42.9 Å². The molecule has 6 heteroatoms. The minimum Gasteiger partial charge on any atom is -0.462 e. The van der Waals surface area contributed by atoms with Crippen LogP contribution in [0, 0.1) is 0 Å². The lowest BCUT2D eigenvalue weighted by Gasteiger charge is -2.36. The van der Waals surface area contributed by atoms with Gasteiger partial charge in [0.15, 0.2) is 0 Å². The highest BCUT2D eigenvalue weighted by Gasteiger charge is 2.28. The van der Waals surface area contributed by atoms with Crippen LogP contribution in [0.3, 0.4) is 0 Å². The van der Waals surface area contributed by atoms with Crippen molar-refractivity contribution in [3.05, 3.63) is 29.0 Å². The van der Waals surface area contributed by atoms with Crippen LogP contribution in [0.25, 0.3) is 11.0 Å². The average Bonchev–Trinajstić information content (AvgIpc) is 3.11. The molecular formula is C21H29NO5. The van der Waals surface area contributed by atoms with Crippen LogP contribution in [0.2, 0.25) is 0 Å². The van der Waals surface area contributed by atoms with Crippen molar-refractivity contribution < 1.29 is 23.8 Å². The van der Waals surface area contributed by atoms with Crippen LogP contribution in [0.4, 0.5) is 5.69 Å². The zero-order valence-electron chi connectivity index (χ0n) is 16.4. The number of ether oxygens (including phenoxy) is 2. The summed E-state index contributed by atoms with van der Waals surface area (Å²) in [6.07, 6.45) is 2.63. The lowest BCUT2D eigenvalue weighted by Crippen LogP contribution is -2.40. The molecule has 1 N–H and O–H groups in total. The van der Waals surface area contributed by atoms with Crippen LogP contribution < -0.4 is 4.90 Å². The first-order valence-corrected chi connectivity index (χ1v) is 9.85. The number of aliphatic hydroxyl groups is 1. The number of carbonyl (C=O) groups excluding carboxylic acids is 1. The van der Waals surface area contributed by atoms with Crippen molar-refractivity contribution in [3.8, 4) is 0 Å². The number of fused-ring (bicyclic) bond motifs is 1. The fraction of sp³-hybridized carbons (Fsp3) is 0.571. The van der Waals surface area contributed by atoms with E-state index in [0.717, 1.165) is 43.9 Å². The summed E-state index contributed by atoms with van der Waals surface area (Å²) in [5.41, 5.74) is 3.15. The minimum atomic E-state index is -0.338. The summed E-state index contributed by atoms with van der Waals surface area (Å²) in [7, 11) is 0. The van der Waals surface area contributed by atoms with Gasteiger partial charge in [-0.05, 0) is 44.7 Å². The molecule has 1 fully saturated rings. The minimum absolute atomic E-state index is 0.203. The van der Waals surface area contributed by atoms with E-state index >= 15 is 0 Å². The van der Waals surface area contributed by atoms with Gasteiger partial charge in [-0.3, -0.25) is 0 Å². The van der Waals surface area contributed by atoms with Crippen LogP contribution in [0.1, 0.15) is 55.3 Å². The van der Waals surface area contributed by atoms with Crippen LogP contribution in [0.15, 0.2) is 16.5 Å². The highest BCUT2D eigenvalue weighted by Crippen LogP contribution is 2.36. The van der Waals surface area contributed by atoms with Crippen molar-refractivity contribution in [3.63, 3.8) is 0 Å². The molecule has 0 saturated carbocycles. The molecule has 1 aromatic heterocycles. The van der Waals surface area contributed by atoms with E-state index in [-0.39, 0.29) is 12.6 Å². The molecule has 0 radical (unpaired) electrons. The summed E-state index contributed by atoms with van der Waals surface area (Å²) in [4.78, 5) is 15.2. The van der Waals surface area contributed by atoms with E-state index in [4.69, 9.17) is 13.9 Å². The maximum Gasteiger partial charge on any atom is 0.339 e. The summed E-state index contributed by atoms with van der Waals surface area (Å²) in [6.45, 7) is 8.44. The Balaban J connectivity index is 2.19. The summed E-state index contributed by atoms with van der Waals surface area (Å²) < 4.78 is 16.7. The van der Waals surface area contributed by atoms with Crippen molar-refractivity contribution in [2.24, 2.45) is 0 Å². The Morgan fingerprint density at radius 2 is 2.00 bits per heavy atom. The Labute approximate surface area is 160 Å². The first kappa shape index (κ1) is 19.7. The van der Waals surface area contributed by atoms with Gasteiger partial charge in [-0.25, -0.2) is 4.79 Å². The average molecular weight is 375 g/mol. The molecule has 0 atom stereocenters. The number of carbonyl (C=O) groups is 1. The maximum atomic E-state index is 12.8. The normalized spacial score (nSPS) is 15.3. The van der Waals surface area contributed by atoms with Gasteiger partial charge in [-0.15, -0.1) is 0 Å². The number of rotatable bonds is 7. The third-order valence-corrected chi connectivity index (χ3v) is 5.23. The van der Waals surface area contributed by atoms with Gasteiger partial charge in [-0.2, -0.15) is 0 Å². The van der Waals surface area contributed by atoms with Gasteiger partial charge in [0.1, 0.15) is 18.0 Å². The van der Waals surface area contributed by atoms with E-state index in [0.29, 0.717) is 41.4 Å². The second-order valence-corrected chi connectivity index (χ2v) is 6.74. The fourth-order valence-corrected chi connectivity index (χ4v) is 4.01. The van der Waals surface area contributed by atoms with Gasteiger partial charge in [0.05, 0.1) is 12.2 Å². The summed E-state index contributed by atoms with van der Waals surface area (Å²) in [6, 6.07) is 4.12. The molecule has 1 aliphatic heterocycles. The second kappa shape index (κ2) is 8.76. The van der Waals surface area contributed by atoms with E-state index in [9.17, 15) is 9.90 Å². The van der Waals surface area contributed by atoms with Crippen molar-refractivity contribution in [1.29, 1.82) is 0 Å². The summed E-state index contributed by atoms with van der Waals surface area (Å²) >= 11 is 0. The highest BCUT2D eigenvalue weighted by molar-refractivity contribution is 6.07. The van der Waals surface area contributed by atoms with Crippen LogP contribution >= 0.6 is 0 Å². The molecule has 2 heterocycles. The van der Waals surface area contributed by atoms with E-state index in [1.807, 2.05) is 6.07 Å². The van der Waals surface area contributed by atoms with Crippen molar-refractivity contribution >= 4 is 22.6 Å². The van der Waals surface area contributed by atoms with Crippen LogP contribution in [0.5, 0.6) is 0 Å². The van der Waals surface area contributed by atoms with Crippen LogP contribution in [-0.4, -0.2) is 43.5 Å². The third kappa shape index (κ3) is 3.82. The largest absolute Gasteiger partial charge is 0.462 e. The molecule has 3 rings (SSSR count). The molecule has 148 valence electrons. The molecule has 6 nitrogen and oxygen atoms in total. The van der Waals surface area contributed by atoms with Crippen molar-refractivity contribution in [1.82, 2.24) is 0 Å². The molecule has 0 amide bonds. The molecule has 0 aliphatic carbocycles. The molecule has 0 unspecified atom stereocenters. The Hall–Kier alpha value is -2.05.